The number of hydrogen-bond acceptors (Lipinski definition) is 5. The maximum absolute atomic E-state index is 11.7. The molecule has 0 aliphatic heterocycles. The van der Waals surface area contributed by atoms with E-state index in [9.17, 15) is 19.8 Å². The number of aromatic hydroxyl groups is 1. The SMILES string of the molecule is COC1=C(O)C(=O)c2c(O)cccc2C1=O. The van der Waals surface area contributed by atoms with Gasteiger partial charge in [-0.3, -0.25) is 9.59 Å². The molecule has 2 rings (SSSR count). The lowest BCUT2D eigenvalue weighted by Crippen LogP contribution is -2.23. The fraction of sp³-hybridized carbons (Fsp3) is 0.0909. The monoisotopic (exact) mass is 220 g/mol. The van der Waals surface area contributed by atoms with Gasteiger partial charge in [0, 0.05) is 5.56 Å². The highest BCUT2D eigenvalue weighted by Crippen LogP contribution is 2.30. The molecule has 5 nitrogen and oxygen atoms in total. The van der Waals surface area contributed by atoms with E-state index < -0.39 is 23.1 Å². The van der Waals surface area contributed by atoms with Crippen LogP contribution < -0.4 is 0 Å². The Balaban J connectivity index is 2.74. The predicted octanol–water partition coefficient (Wildman–Crippen LogP) is 1.19. The smallest absolute Gasteiger partial charge is 0.235 e. The summed E-state index contributed by atoms with van der Waals surface area (Å²) in [5, 5.41) is 18.9. The molecule has 0 bridgehead atoms. The third-order valence-electron chi connectivity index (χ3n) is 2.35. The van der Waals surface area contributed by atoms with Crippen molar-refractivity contribution in [1.29, 1.82) is 0 Å². The van der Waals surface area contributed by atoms with Crippen molar-refractivity contribution >= 4 is 11.6 Å². The summed E-state index contributed by atoms with van der Waals surface area (Å²) < 4.78 is 4.66. The lowest BCUT2D eigenvalue weighted by Gasteiger charge is -2.16. The summed E-state index contributed by atoms with van der Waals surface area (Å²) in [4.78, 5) is 23.4. The molecular formula is C11H8O5. The van der Waals surface area contributed by atoms with Gasteiger partial charge in [-0.25, -0.2) is 0 Å². The number of aliphatic hydroxyl groups is 1. The molecule has 0 atom stereocenters. The van der Waals surface area contributed by atoms with E-state index in [-0.39, 0.29) is 16.9 Å². The van der Waals surface area contributed by atoms with Gasteiger partial charge in [0.1, 0.15) is 5.75 Å². The van der Waals surface area contributed by atoms with E-state index in [2.05, 4.69) is 4.74 Å². The Bertz CT molecular complexity index is 527. The first-order valence-electron chi connectivity index (χ1n) is 4.46. The molecule has 0 heterocycles. The van der Waals surface area contributed by atoms with E-state index in [0.717, 1.165) is 0 Å². The van der Waals surface area contributed by atoms with Crippen molar-refractivity contribution in [1.82, 2.24) is 0 Å². The van der Waals surface area contributed by atoms with E-state index in [1.807, 2.05) is 0 Å². The number of rotatable bonds is 1. The standard InChI is InChI=1S/C11H8O5/c1-16-11-8(13)5-3-2-4-6(12)7(5)9(14)10(11)15/h2-4,12,15H,1H3. The molecule has 2 N–H and O–H groups in total. The molecule has 1 aliphatic rings. The fourth-order valence-electron chi connectivity index (χ4n) is 1.61. The van der Waals surface area contributed by atoms with Crippen LogP contribution in [0.1, 0.15) is 20.7 Å². The van der Waals surface area contributed by atoms with Crippen LogP contribution in [0.4, 0.5) is 0 Å². The van der Waals surface area contributed by atoms with E-state index >= 15 is 0 Å². The Morgan fingerprint density at radius 2 is 1.81 bits per heavy atom. The van der Waals surface area contributed by atoms with Gasteiger partial charge in [0.05, 0.1) is 12.7 Å². The number of allylic oxidation sites excluding steroid dienone is 2. The largest absolute Gasteiger partial charge is 0.507 e. The van der Waals surface area contributed by atoms with Crippen LogP contribution in [0.25, 0.3) is 0 Å². The van der Waals surface area contributed by atoms with Crippen LogP contribution in [-0.4, -0.2) is 28.9 Å². The first-order valence-corrected chi connectivity index (χ1v) is 4.46. The average molecular weight is 220 g/mol. The van der Waals surface area contributed by atoms with Crippen LogP contribution in [0.5, 0.6) is 5.75 Å². The van der Waals surface area contributed by atoms with Gasteiger partial charge in [0.15, 0.2) is 0 Å². The highest BCUT2D eigenvalue weighted by atomic mass is 16.5. The van der Waals surface area contributed by atoms with Gasteiger partial charge < -0.3 is 14.9 Å². The Kier molecular flexibility index (Phi) is 2.16. The second kappa shape index (κ2) is 3.37. The summed E-state index contributed by atoms with van der Waals surface area (Å²) in [7, 11) is 1.19. The number of phenolic OH excluding ortho intramolecular Hbond substituents is 1. The van der Waals surface area contributed by atoms with Gasteiger partial charge in [-0.1, -0.05) is 6.07 Å². The molecule has 0 spiro atoms. The number of hydrogen-bond donors (Lipinski definition) is 2. The van der Waals surface area contributed by atoms with Gasteiger partial charge in [0.25, 0.3) is 0 Å². The molecule has 0 aromatic heterocycles. The molecule has 0 amide bonds. The minimum Gasteiger partial charge on any atom is -0.507 e. The highest BCUT2D eigenvalue weighted by molar-refractivity contribution is 6.26. The molecule has 0 saturated heterocycles. The lowest BCUT2D eigenvalue weighted by atomic mass is 9.91. The predicted molar refractivity (Wildman–Crippen MR) is 53.4 cm³/mol. The lowest BCUT2D eigenvalue weighted by molar-refractivity contribution is 0.0853. The Hall–Kier alpha value is -2.30. The Labute approximate surface area is 90.6 Å². The Morgan fingerprint density at radius 1 is 1.12 bits per heavy atom. The molecule has 16 heavy (non-hydrogen) atoms. The number of methoxy groups -OCH3 is 1. The minimum absolute atomic E-state index is 0.0275. The number of aliphatic hydroxyl groups excluding tert-OH is 1. The van der Waals surface area contributed by atoms with Crippen LogP contribution in [0.15, 0.2) is 29.7 Å². The van der Waals surface area contributed by atoms with Crippen LogP contribution in [-0.2, 0) is 4.74 Å². The van der Waals surface area contributed by atoms with E-state index in [1.54, 1.807) is 0 Å². The van der Waals surface area contributed by atoms with Gasteiger partial charge in [-0.15, -0.1) is 0 Å². The third kappa shape index (κ3) is 1.18. The van der Waals surface area contributed by atoms with Crippen molar-refractivity contribution in [3.63, 3.8) is 0 Å². The number of phenols is 1. The summed E-state index contributed by atoms with van der Waals surface area (Å²) in [6.07, 6.45) is 0. The molecule has 1 aromatic rings. The summed E-state index contributed by atoms with van der Waals surface area (Å²) in [5.74, 6) is -2.95. The first kappa shape index (κ1) is 10.2. The summed E-state index contributed by atoms with van der Waals surface area (Å²) in [6.45, 7) is 0. The zero-order chi connectivity index (χ0) is 11.9. The summed E-state index contributed by atoms with van der Waals surface area (Å²) in [5.41, 5.74) is -0.162. The van der Waals surface area contributed by atoms with Crippen molar-refractivity contribution < 1.29 is 24.5 Å². The van der Waals surface area contributed by atoms with Crippen LogP contribution in [0.2, 0.25) is 0 Å². The molecule has 82 valence electrons. The normalized spacial score (nSPS) is 15.1. The number of ketones is 2. The molecule has 5 heteroatoms. The average Bonchev–Trinajstić information content (AvgIpc) is 2.27. The minimum atomic E-state index is -0.815. The number of ether oxygens (including phenoxy) is 1. The van der Waals surface area contributed by atoms with Gasteiger partial charge in [-0.2, -0.15) is 0 Å². The van der Waals surface area contributed by atoms with Crippen molar-refractivity contribution in [3.8, 4) is 5.75 Å². The topological polar surface area (TPSA) is 83.8 Å². The summed E-state index contributed by atoms with van der Waals surface area (Å²) >= 11 is 0. The molecule has 0 unspecified atom stereocenters. The quantitative estimate of drug-likeness (QED) is 0.742. The third-order valence-corrected chi connectivity index (χ3v) is 2.35. The van der Waals surface area contributed by atoms with Gasteiger partial charge >= 0.3 is 0 Å². The molecule has 0 saturated carbocycles. The van der Waals surface area contributed by atoms with Crippen LogP contribution >= 0.6 is 0 Å². The second-order valence-electron chi connectivity index (χ2n) is 3.24. The van der Waals surface area contributed by atoms with E-state index in [0.29, 0.717) is 0 Å². The molecule has 1 aliphatic carbocycles. The maximum Gasteiger partial charge on any atom is 0.235 e. The first-order chi connectivity index (χ1) is 7.57. The molecule has 0 fully saturated rings. The van der Waals surface area contributed by atoms with Gasteiger partial charge in [-0.05, 0) is 12.1 Å². The number of fused-ring (bicyclic) bond motifs is 1. The zero-order valence-electron chi connectivity index (χ0n) is 8.35. The summed E-state index contributed by atoms with van der Waals surface area (Å²) in [6, 6.07) is 4.10. The van der Waals surface area contributed by atoms with Crippen molar-refractivity contribution in [3.05, 3.63) is 40.8 Å². The highest BCUT2D eigenvalue weighted by Gasteiger charge is 2.35. The van der Waals surface area contributed by atoms with Crippen LogP contribution in [0.3, 0.4) is 0 Å². The number of carbonyl (C=O) groups excluding carboxylic acids is 2. The van der Waals surface area contributed by atoms with Crippen LogP contribution in [0, 0.1) is 0 Å². The van der Waals surface area contributed by atoms with E-state index in [4.69, 9.17) is 0 Å². The van der Waals surface area contributed by atoms with Crippen molar-refractivity contribution in [2.24, 2.45) is 0 Å². The molecule has 0 radical (unpaired) electrons. The number of benzene rings is 1. The molecule has 1 aromatic carbocycles. The maximum atomic E-state index is 11.7. The second-order valence-corrected chi connectivity index (χ2v) is 3.24. The zero-order valence-corrected chi connectivity index (χ0v) is 8.35. The number of carbonyl (C=O) groups is 2. The van der Waals surface area contributed by atoms with Crippen molar-refractivity contribution in [2.75, 3.05) is 7.11 Å². The van der Waals surface area contributed by atoms with E-state index in [1.165, 1.54) is 25.3 Å². The Morgan fingerprint density at radius 3 is 2.44 bits per heavy atom. The van der Waals surface area contributed by atoms with Crippen molar-refractivity contribution in [2.45, 2.75) is 0 Å². The van der Waals surface area contributed by atoms with Gasteiger partial charge in [0.2, 0.25) is 23.1 Å². The number of Topliss-reactive ketones (excluding diaryl/α,β-unsaturated/α-hetero) is 2. The fourth-order valence-corrected chi connectivity index (χ4v) is 1.61. The molecular weight excluding hydrogens is 212 g/mol.